The minimum atomic E-state index is -4.21. The van der Waals surface area contributed by atoms with Crippen molar-refractivity contribution in [3.63, 3.8) is 0 Å². The van der Waals surface area contributed by atoms with Crippen LogP contribution in [0.4, 0.5) is 24.4 Å². The van der Waals surface area contributed by atoms with Crippen LogP contribution in [-0.4, -0.2) is 207 Å². The van der Waals surface area contributed by atoms with E-state index in [9.17, 15) is 38.0 Å². The zero-order valence-corrected chi connectivity index (χ0v) is 56.2. The van der Waals surface area contributed by atoms with Gasteiger partial charge in [-0.05, 0) is 153 Å². The largest absolute Gasteiger partial charge is 0.737 e. The molecule has 6 aromatic rings. The Morgan fingerprint density at radius 3 is 1.98 bits per heavy atom. The molecule has 6 amide bonds. The van der Waals surface area contributed by atoms with Crippen molar-refractivity contribution in [2.75, 3.05) is 130 Å². The molecule has 518 valence electrons. The number of fused-ring (bicyclic) bond motifs is 2. The summed E-state index contributed by atoms with van der Waals surface area (Å²) in [5, 5.41) is 10.3. The van der Waals surface area contributed by atoms with Gasteiger partial charge in [0, 0.05) is 126 Å². The number of para-hydroxylation sites is 1. The molecule has 6 heterocycles. The topological polar surface area (TPSA) is 217 Å². The van der Waals surface area contributed by atoms with Gasteiger partial charge in [-0.1, -0.05) is 36.4 Å². The number of piperidine rings is 1. The fourth-order valence-corrected chi connectivity index (χ4v) is 13.2. The number of rotatable bonds is 36. The number of carbonyl (C=O) groups excluding carboxylic acids is 7. The van der Waals surface area contributed by atoms with Crippen LogP contribution in [0, 0.1) is 5.82 Å². The average Bonchev–Trinajstić information content (AvgIpc) is 1.57. The molecule has 4 aliphatic heterocycles. The summed E-state index contributed by atoms with van der Waals surface area (Å²) in [5.41, 5.74) is 4.62. The lowest BCUT2D eigenvalue weighted by atomic mass is 9.85. The number of hydrogen-bond acceptors (Lipinski definition) is 14. The molecule has 98 heavy (non-hydrogen) atoms. The lowest BCUT2D eigenvalue weighted by Gasteiger charge is -2.43. The number of nitrogens with one attached hydrogen (secondary N) is 3. The Morgan fingerprint density at radius 2 is 1.33 bits per heavy atom. The number of allylic oxidation sites excluding steroid dienone is 2. The quantitative estimate of drug-likeness (QED) is 0.0193. The molecular formula is C72H84BF3N10O11S. The molecule has 0 aliphatic carbocycles. The second kappa shape index (κ2) is 34.3. The van der Waals surface area contributed by atoms with E-state index in [0.717, 1.165) is 44.7 Å². The molecule has 0 radical (unpaired) electrons. The zero-order chi connectivity index (χ0) is 69.0. The normalized spacial score (nSPS) is 15.2. The van der Waals surface area contributed by atoms with E-state index in [2.05, 4.69) is 25.8 Å². The van der Waals surface area contributed by atoms with E-state index in [1.807, 2.05) is 64.9 Å². The summed E-state index contributed by atoms with van der Waals surface area (Å²) in [6.45, 7) is 1.15. The summed E-state index contributed by atoms with van der Waals surface area (Å²) in [4.78, 5) is 100. The van der Waals surface area contributed by atoms with E-state index in [0.29, 0.717) is 156 Å². The number of ether oxygens (including phenoxy) is 4. The van der Waals surface area contributed by atoms with E-state index >= 15 is 8.63 Å². The van der Waals surface area contributed by atoms with Gasteiger partial charge >= 0.3 is 6.97 Å². The minimum absolute atomic E-state index is 0.00960. The van der Waals surface area contributed by atoms with Crippen LogP contribution < -0.4 is 25.6 Å². The summed E-state index contributed by atoms with van der Waals surface area (Å²) in [6.07, 6.45) is 9.11. The molecule has 2 aromatic heterocycles. The number of ketones is 1. The van der Waals surface area contributed by atoms with Crippen LogP contribution in [0.2, 0.25) is 0 Å². The first kappa shape index (κ1) is 71.6. The van der Waals surface area contributed by atoms with Crippen molar-refractivity contribution in [1.29, 1.82) is 0 Å². The highest BCUT2D eigenvalue weighted by atomic mass is 32.1. The SMILES string of the molecule is CN(CC(=O)NCCCOCCOCCOCCCNC(=O)CN(C)C(=O)COc1ccc(-c2ccc3n2[B-](F)(F)[N+]2=C(c4cccs4)C=CC2=C3)cc1)C(=O)CCC(=O)Nc1ccc(CCN2CN(c3ccccc3)C3(CCN(CCCC(=O)c4ccc(F)cc4)CC3)C2=O)cc1. The number of halogens is 3. The molecule has 2 fully saturated rings. The van der Waals surface area contributed by atoms with Gasteiger partial charge in [-0.2, -0.15) is 0 Å². The van der Waals surface area contributed by atoms with Crippen molar-refractivity contribution < 1.29 is 70.0 Å². The first-order chi connectivity index (χ1) is 47.4. The summed E-state index contributed by atoms with van der Waals surface area (Å²) >= 11 is 1.41. The third kappa shape index (κ3) is 18.7. The number of nitrogens with zero attached hydrogens (tertiary/aromatic N) is 7. The predicted molar refractivity (Wildman–Crippen MR) is 369 cm³/mol. The Bertz CT molecular complexity index is 3830. The highest BCUT2D eigenvalue weighted by Gasteiger charge is 2.54. The lowest BCUT2D eigenvalue weighted by Crippen LogP contribution is -2.56. The van der Waals surface area contributed by atoms with E-state index in [-0.39, 0.29) is 73.7 Å². The number of likely N-dealkylation sites (N-methyl/N-ethyl adjacent to an activating group) is 2. The fraction of sp³-hybridized carbons (Fsp3) is 0.389. The number of amides is 6. The monoisotopic (exact) mass is 1360 g/mol. The standard InChI is InChI=1S/C72H84BF3N10O11S/c1-80(69(91)31-30-66(88)79-57-22-14-53(15-23-57)32-38-83-52-84(58-10-4-3-5-11-58)72(71(83)93)33-39-82(40-34-72)37-6-12-64(87)55-16-20-56(74)21-17-55)49-67(89)77-35-8-41-94-43-45-96-46-44-95-42-9-36-78-68(90)50-81(2)70(92)51-97-61-26-18-54(19-27-61)62-28-24-59-48-60-25-29-63(65-13-7-47-98-65)86(60)73(75,76)85(59)62/h3-5,7,10-11,13-29,47-48H,6,8-9,12,30-46,49-52H2,1-2H3,(H,77,89)(H,78,90)(H,79,88). The van der Waals surface area contributed by atoms with Gasteiger partial charge in [0.15, 0.2) is 23.8 Å². The van der Waals surface area contributed by atoms with Crippen LogP contribution in [0.5, 0.6) is 5.75 Å². The molecular weight excluding hydrogens is 1280 g/mol. The Morgan fingerprint density at radius 1 is 0.673 bits per heavy atom. The van der Waals surface area contributed by atoms with E-state index in [4.69, 9.17) is 18.9 Å². The van der Waals surface area contributed by atoms with Crippen molar-refractivity contribution in [1.82, 2.24) is 34.7 Å². The summed E-state index contributed by atoms with van der Waals surface area (Å²) in [6, 6.07) is 36.7. The smallest absolute Gasteiger partial charge is 0.484 e. The Balaban J connectivity index is 0.511. The Kier molecular flexibility index (Phi) is 25.1. The number of Topliss-reactive ketones (excluding diaryl/α,β-unsaturated/α-hetero) is 1. The van der Waals surface area contributed by atoms with Crippen LogP contribution in [0.15, 0.2) is 151 Å². The fourth-order valence-electron chi connectivity index (χ4n) is 12.4. The number of anilines is 2. The molecule has 0 bridgehead atoms. The lowest BCUT2D eigenvalue weighted by molar-refractivity contribution is -0.359. The van der Waals surface area contributed by atoms with Gasteiger partial charge in [-0.25, -0.2) is 4.39 Å². The van der Waals surface area contributed by atoms with Crippen LogP contribution in [0.1, 0.15) is 77.9 Å². The summed E-state index contributed by atoms with van der Waals surface area (Å²) in [7, 11) is 3.02. The maximum absolute atomic E-state index is 16.3. The van der Waals surface area contributed by atoms with Gasteiger partial charge in [0.05, 0.1) is 51.1 Å². The van der Waals surface area contributed by atoms with Crippen LogP contribution in [-0.2, 0) is 49.4 Å². The third-order valence-electron chi connectivity index (χ3n) is 17.8. The molecule has 10 rings (SSSR count). The van der Waals surface area contributed by atoms with Gasteiger partial charge in [-0.15, -0.1) is 11.3 Å². The molecule has 0 atom stereocenters. The van der Waals surface area contributed by atoms with Crippen molar-refractivity contribution in [2.45, 2.75) is 63.3 Å². The first-order valence-corrected chi connectivity index (χ1v) is 34.2. The van der Waals surface area contributed by atoms with Crippen molar-refractivity contribution >= 4 is 82.7 Å². The molecule has 4 aliphatic rings. The number of hydrogen-bond donors (Lipinski definition) is 3. The molecule has 26 heteroatoms. The zero-order valence-electron chi connectivity index (χ0n) is 55.4. The molecule has 2 saturated heterocycles. The van der Waals surface area contributed by atoms with Crippen molar-refractivity contribution in [2.24, 2.45) is 0 Å². The van der Waals surface area contributed by atoms with E-state index in [1.54, 1.807) is 66.8 Å². The minimum Gasteiger partial charge on any atom is -0.484 e. The van der Waals surface area contributed by atoms with Gasteiger partial charge in [0.2, 0.25) is 29.5 Å². The van der Waals surface area contributed by atoms with Crippen molar-refractivity contribution in [3.8, 4) is 17.0 Å². The van der Waals surface area contributed by atoms with Gasteiger partial charge in [0.1, 0.15) is 17.1 Å². The van der Waals surface area contributed by atoms with Crippen LogP contribution in [0.25, 0.3) is 17.3 Å². The van der Waals surface area contributed by atoms with E-state index in [1.165, 1.54) is 59.5 Å². The molecule has 4 aromatic carbocycles. The maximum atomic E-state index is 16.3. The van der Waals surface area contributed by atoms with Gasteiger partial charge < -0.3 is 77.0 Å². The number of aromatic nitrogens is 1. The second-order valence-electron chi connectivity index (χ2n) is 24.7. The highest BCUT2D eigenvalue weighted by Crippen LogP contribution is 2.41. The molecule has 3 N–H and O–H groups in total. The van der Waals surface area contributed by atoms with Crippen LogP contribution >= 0.6 is 11.3 Å². The molecule has 0 saturated carbocycles. The van der Waals surface area contributed by atoms with Crippen LogP contribution in [0.3, 0.4) is 0 Å². The first-order valence-electron chi connectivity index (χ1n) is 33.3. The number of carbonyl (C=O) groups is 7. The molecule has 1 spiro atoms. The molecule has 21 nitrogen and oxygen atoms in total. The maximum Gasteiger partial charge on any atom is 0.737 e. The molecule has 0 unspecified atom stereocenters. The van der Waals surface area contributed by atoms with Crippen molar-refractivity contribution in [3.05, 3.63) is 178 Å². The number of likely N-dealkylation sites (tertiary alicyclic amines) is 1. The highest BCUT2D eigenvalue weighted by molar-refractivity contribution is 7.12. The summed E-state index contributed by atoms with van der Waals surface area (Å²) in [5.74, 6) is -1.67. The number of thiophene rings is 1. The van der Waals surface area contributed by atoms with Gasteiger partial charge in [-0.3, -0.25) is 33.6 Å². The van der Waals surface area contributed by atoms with Gasteiger partial charge in [0.25, 0.3) is 5.91 Å². The van der Waals surface area contributed by atoms with E-state index < -0.39 is 18.4 Å². The Hall–Kier alpha value is -9.21. The summed E-state index contributed by atoms with van der Waals surface area (Å²) < 4.78 is 70.7. The number of benzene rings is 4. The average molecular weight is 1370 g/mol. The predicted octanol–water partition coefficient (Wildman–Crippen LogP) is 8.13. The third-order valence-corrected chi connectivity index (χ3v) is 18.7. The Labute approximate surface area is 572 Å². The second-order valence-corrected chi connectivity index (χ2v) is 25.6.